The van der Waals surface area contributed by atoms with Crippen LogP contribution in [0.4, 0.5) is 5.69 Å². The largest absolute Gasteiger partial charge is 0.479 e. The monoisotopic (exact) mass is 305 g/mol. The van der Waals surface area contributed by atoms with E-state index in [-0.39, 0.29) is 0 Å². The smallest absolute Gasteiger partial charge is 0.332 e. The summed E-state index contributed by atoms with van der Waals surface area (Å²) >= 11 is 11.9. The molecule has 0 saturated heterocycles. The number of ether oxygens (including phenoxy) is 1. The van der Waals surface area contributed by atoms with Crippen LogP contribution in [0, 0.1) is 6.92 Å². The van der Waals surface area contributed by atoms with Crippen LogP contribution in [-0.2, 0) is 14.3 Å². The number of anilines is 1. The number of aliphatic carboxylic acids is 1. The van der Waals surface area contributed by atoms with Crippen LogP contribution in [-0.4, -0.2) is 29.7 Å². The Bertz CT molecular complexity index is 505. The third-order valence-corrected chi connectivity index (χ3v) is 3.16. The first-order chi connectivity index (χ1) is 8.82. The van der Waals surface area contributed by atoms with E-state index >= 15 is 0 Å². The number of hydrogen-bond donors (Lipinski definition) is 2. The van der Waals surface area contributed by atoms with Gasteiger partial charge in [-0.2, -0.15) is 0 Å². The van der Waals surface area contributed by atoms with Gasteiger partial charge in [0.05, 0.1) is 15.7 Å². The molecule has 0 aliphatic carbocycles. The Morgan fingerprint density at radius 1 is 1.42 bits per heavy atom. The minimum Gasteiger partial charge on any atom is -0.479 e. The fourth-order valence-corrected chi connectivity index (χ4v) is 1.68. The molecular formula is C12H13Cl2NO4. The van der Waals surface area contributed by atoms with Crippen LogP contribution in [0.25, 0.3) is 0 Å². The Morgan fingerprint density at radius 2 is 2.05 bits per heavy atom. The molecule has 0 aliphatic rings. The van der Waals surface area contributed by atoms with Gasteiger partial charge in [0.25, 0.3) is 0 Å². The molecule has 0 heterocycles. The van der Waals surface area contributed by atoms with Gasteiger partial charge in [-0.3, -0.25) is 4.79 Å². The highest BCUT2D eigenvalue weighted by Gasteiger charge is 2.15. The molecule has 104 valence electrons. The molecular weight excluding hydrogens is 293 g/mol. The van der Waals surface area contributed by atoms with E-state index in [9.17, 15) is 9.59 Å². The van der Waals surface area contributed by atoms with Gasteiger partial charge >= 0.3 is 5.97 Å². The number of carbonyl (C=O) groups excluding carboxylic acids is 1. The van der Waals surface area contributed by atoms with Gasteiger partial charge in [-0.25, -0.2) is 4.79 Å². The number of carboxylic acids is 1. The molecule has 1 amide bonds. The number of hydrogen-bond acceptors (Lipinski definition) is 3. The van der Waals surface area contributed by atoms with Gasteiger partial charge in [0.1, 0.15) is 6.61 Å². The highest BCUT2D eigenvalue weighted by atomic mass is 35.5. The van der Waals surface area contributed by atoms with Gasteiger partial charge in [0, 0.05) is 0 Å². The molecule has 7 heteroatoms. The minimum absolute atomic E-state index is 0.292. The first-order valence-corrected chi connectivity index (χ1v) is 6.17. The van der Waals surface area contributed by atoms with Crippen molar-refractivity contribution in [2.75, 3.05) is 11.9 Å². The summed E-state index contributed by atoms with van der Waals surface area (Å²) in [6, 6.07) is 3.34. The van der Waals surface area contributed by atoms with Crippen molar-refractivity contribution in [3.05, 3.63) is 27.7 Å². The lowest BCUT2D eigenvalue weighted by molar-refractivity contribution is -0.150. The van der Waals surface area contributed by atoms with E-state index in [1.165, 1.54) is 6.92 Å². The van der Waals surface area contributed by atoms with Crippen molar-refractivity contribution < 1.29 is 19.4 Å². The second-order valence-corrected chi connectivity index (χ2v) is 4.68. The van der Waals surface area contributed by atoms with E-state index in [1.54, 1.807) is 19.1 Å². The predicted molar refractivity (Wildman–Crippen MR) is 72.9 cm³/mol. The maximum atomic E-state index is 11.6. The SMILES string of the molecule is Cc1ccc(Cl)c(NC(=O)COC(C)C(=O)O)c1Cl. The van der Waals surface area contributed by atoms with Crippen LogP contribution in [0.5, 0.6) is 0 Å². The number of benzene rings is 1. The van der Waals surface area contributed by atoms with Crippen LogP contribution in [0.15, 0.2) is 12.1 Å². The van der Waals surface area contributed by atoms with E-state index in [0.29, 0.717) is 15.7 Å². The Morgan fingerprint density at radius 3 is 2.63 bits per heavy atom. The number of rotatable bonds is 5. The summed E-state index contributed by atoms with van der Waals surface area (Å²) in [5, 5.41) is 11.7. The van der Waals surface area contributed by atoms with Gasteiger partial charge in [-0.15, -0.1) is 0 Å². The molecule has 19 heavy (non-hydrogen) atoms. The van der Waals surface area contributed by atoms with E-state index in [2.05, 4.69) is 5.32 Å². The normalized spacial score (nSPS) is 12.0. The third kappa shape index (κ3) is 4.38. The molecule has 0 aliphatic heterocycles. The van der Waals surface area contributed by atoms with E-state index in [1.807, 2.05) is 0 Å². The average Bonchev–Trinajstić information content (AvgIpc) is 2.36. The summed E-state index contributed by atoms with van der Waals surface area (Å²) in [6.45, 7) is 2.72. The Labute approximate surface area is 120 Å². The van der Waals surface area contributed by atoms with Crippen LogP contribution in [0.1, 0.15) is 12.5 Å². The highest BCUT2D eigenvalue weighted by Crippen LogP contribution is 2.32. The molecule has 0 saturated carbocycles. The Kier molecular flexibility index (Phi) is 5.60. The topological polar surface area (TPSA) is 75.6 Å². The van der Waals surface area contributed by atoms with Gasteiger partial charge in [-0.1, -0.05) is 29.3 Å². The molecule has 1 atom stereocenters. The molecule has 1 aromatic rings. The number of amides is 1. The van der Waals surface area contributed by atoms with Gasteiger partial charge < -0.3 is 15.2 Å². The molecule has 2 N–H and O–H groups in total. The fourth-order valence-electron chi connectivity index (χ4n) is 1.22. The van der Waals surface area contributed by atoms with E-state index < -0.39 is 24.6 Å². The molecule has 5 nitrogen and oxygen atoms in total. The fraction of sp³-hybridized carbons (Fsp3) is 0.333. The Hall–Kier alpha value is -1.30. The number of aryl methyl sites for hydroxylation is 1. The lowest BCUT2D eigenvalue weighted by Gasteiger charge is -2.12. The third-order valence-electron chi connectivity index (χ3n) is 2.36. The summed E-state index contributed by atoms with van der Waals surface area (Å²) in [7, 11) is 0. The second kappa shape index (κ2) is 6.75. The number of nitrogens with one attached hydrogen (secondary N) is 1. The number of carbonyl (C=O) groups is 2. The van der Waals surface area contributed by atoms with E-state index in [4.69, 9.17) is 33.0 Å². The summed E-state index contributed by atoms with van der Waals surface area (Å²) in [4.78, 5) is 22.1. The highest BCUT2D eigenvalue weighted by molar-refractivity contribution is 6.40. The van der Waals surface area contributed by atoms with Crippen molar-refractivity contribution in [3.8, 4) is 0 Å². The zero-order chi connectivity index (χ0) is 14.6. The molecule has 0 spiro atoms. The minimum atomic E-state index is -1.14. The van der Waals surface area contributed by atoms with Gasteiger partial charge in [0.2, 0.25) is 5.91 Å². The predicted octanol–water partition coefficient (Wildman–Crippen LogP) is 2.73. The van der Waals surface area contributed by atoms with Crippen molar-refractivity contribution in [1.82, 2.24) is 0 Å². The molecule has 0 radical (unpaired) electrons. The quantitative estimate of drug-likeness (QED) is 0.877. The van der Waals surface area contributed by atoms with Gasteiger partial charge in [0.15, 0.2) is 6.10 Å². The molecule has 1 aromatic carbocycles. The number of halogens is 2. The zero-order valence-corrected chi connectivity index (χ0v) is 11.9. The van der Waals surface area contributed by atoms with Crippen LogP contribution in [0.3, 0.4) is 0 Å². The van der Waals surface area contributed by atoms with Crippen molar-refractivity contribution in [2.45, 2.75) is 20.0 Å². The summed E-state index contributed by atoms with van der Waals surface area (Å²) in [6.07, 6.45) is -1.06. The van der Waals surface area contributed by atoms with E-state index in [0.717, 1.165) is 5.56 Å². The van der Waals surface area contributed by atoms with Crippen LogP contribution in [0.2, 0.25) is 10.0 Å². The van der Waals surface area contributed by atoms with Crippen molar-refractivity contribution in [1.29, 1.82) is 0 Å². The second-order valence-electron chi connectivity index (χ2n) is 3.89. The molecule has 0 fully saturated rings. The summed E-state index contributed by atoms with van der Waals surface area (Å²) < 4.78 is 4.85. The molecule has 1 rings (SSSR count). The first-order valence-electron chi connectivity index (χ1n) is 5.41. The molecule has 1 unspecified atom stereocenters. The lowest BCUT2D eigenvalue weighted by atomic mass is 10.2. The van der Waals surface area contributed by atoms with Crippen molar-refractivity contribution in [2.24, 2.45) is 0 Å². The molecule has 0 aromatic heterocycles. The van der Waals surface area contributed by atoms with Crippen LogP contribution >= 0.6 is 23.2 Å². The summed E-state index contributed by atoms with van der Waals surface area (Å²) in [5.41, 5.74) is 1.06. The first kappa shape index (κ1) is 15.8. The number of carboxylic acid groups (broad SMARTS) is 1. The van der Waals surface area contributed by atoms with Gasteiger partial charge in [-0.05, 0) is 25.5 Å². The average molecular weight is 306 g/mol. The summed E-state index contributed by atoms with van der Waals surface area (Å²) in [5.74, 6) is -1.66. The maximum absolute atomic E-state index is 11.6. The lowest BCUT2D eigenvalue weighted by Crippen LogP contribution is -2.26. The van der Waals surface area contributed by atoms with Crippen molar-refractivity contribution in [3.63, 3.8) is 0 Å². The zero-order valence-electron chi connectivity index (χ0n) is 10.4. The maximum Gasteiger partial charge on any atom is 0.332 e. The van der Waals surface area contributed by atoms with Crippen molar-refractivity contribution >= 4 is 40.8 Å². The van der Waals surface area contributed by atoms with Crippen LogP contribution < -0.4 is 5.32 Å². The molecule has 0 bridgehead atoms. The Balaban J connectivity index is 2.68. The standard InChI is InChI=1S/C12H13Cl2NO4/c1-6-3-4-8(13)11(10(6)14)15-9(16)5-19-7(2)12(17)18/h3-4,7H,5H2,1-2H3,(H,15,16)(H,17,18).